The molecule has 0 fully saturated rings. The summed E-state index contributed by atoms with van der Waals surface area (Å²) >= 11 is 0. The Morgan fingerprint density at radius 3 is 2.17 bits per heavy atom. The first-order valence-corrected chi connectivity index (χ1v) is 12.0. The van der Waals surface area contributed by atoms with Gasteiger partial charge in [-0.2, -0.15) is 0 Å². The number of hydrogen-bond donors (Lipinski definition) is 2. The van der Waals surface area contributed by atoms with E-state index in [2.05, 4.69) is 42.8 Å². The number of rotatable bonds is 11. The number of sulfonamides is 1. The van der Waals surface area contributed by atoms with Gasteiger partial charge in [-0.05, 0) is 84.7 Å². The number of unbranched alkanes of at least 4 members (excludes halogenated alkanes) is 1. The molecular weight excluding hydrogens is 386 g/mol. The third-order valence-electron chi connectivity index (χ3n) is 5.27. The lowest BCUT2D eigenvalue weighted by Crippen LogP contribution is -2.38. The molecule has 1 unspecified atom stereocenters. The predicted molar refractivity (Wildman–Crippen MR) is 122 cm³/mol. The quantitative estimate of drug-likeness (QED) is 0.526. The molecule has 166 valence electrons. The lowest BCUT2D eigenvalue weighted by atomic mass is 10.0. The maximum atomic E-state index is 12.1. The Morgan fingerprint density at radius 2 is 1.66 bits per heavy atom. The van der Waals surface area contributed by atoms with Gasteiger partial charge in [0.15, 0.2) is 0 Å². The molecule has 1 aromatic carbocycles. The van der Waals surface area contributed by atoms with Crippen LogP contribution in [0.5, 0.6) is 0 Å². The van der Waals surface area contributed by atoms with Gasteiger partial charge in [0.05, 0.1) is 5.25 Å². The number of carbonyl (C=O) groups excluding carboxylic acids is 1. The number of hydrogen-bond acceptors (Lipinski definition) is 4. The fourth-order valence-corrected chi connectivity index (χ4v) is 3.43. The van der Waals surface area contributed by atoms with Crippen LogP contribution in [0.4, 0.5) is 5.69 Å². The van der Waals surface area contributed by atoms with Crippen molar-refractivity contribution in [3.63, 3.8) is 0 Å². The fraction of sp³-hybridized carbons (Fsp3) is 0.682. The summed E-state index contributed by atoms with van der Waals surface area (Å²) in [7, 11) is -1.15. The molecule has 6 nitrogen and oxygen atoms in total. The molecule has 0 aliphatic rings. The number of amides is 1. The minimum atomic E-state index is -3.26. The molecule has 0 saturated heterocycles. The van der Waals surface area contributed by atoms with Crippen molar-refractivity contribution >= 4 is 21.6 Å². The van der Waals surface area contributed by atoms with Crippen LogP contribution < -0.4 is 10.0 Å². The summed E-state index contributed by atoms with van der Waals surface area (Å²) in [5.41, 5.74) is 1.94. The summed E-state index contributed by atoms with van der Waals surface area (Å²) in [5.74, 6) is 0.0713. The number of anilines is 1. The van der Waals surface area contributed by atoms with E-state index < -0.39 is 15.3 Å². The smallest absolute Gasteiger partial charge is 0.224 e. The normalized spacial score (nSPS) is 13.7. The molecular formula is C22H39N3O3S. The molecule has 0 bridgehead atoms. The molecule has 0 aliphatic heterocycles. The van der Waals surface area contributed by atoms with Gasteiger partial charge in [0.25, 0.3) is 0 Å². The number of nitrogens with zero attached hydrogens (tertiary/aromatic N) is 1. The van der Waals surface area contributed by atoms with E-state index in [1.54, 1.807) is 13.8 Å². The zero-order valence-corrected chi connectivity index (χ0v) is 19.9. The number of benzene rings is 1. The van der Waals surface area contributed by atoms with Crippen LogP contribution in [-0.2, 0) is 14.8 Å². The van der Waals surface area contributed by atoms with Gasteiger partial charge < -0.3 is 10.2 Å². The molecule has 29 heavy (non-hydrogen) atoms. The number of nitrogens with one attached hydrogen (secondary N) is 2. The minimum absolute atomic E-state index is 0.0221. The summed E-state index contributed by atoms with van der Waals surface area (Å²) in [6, 6.07) is 7.60. The van der Waals surface area contributed by atoms with Crippen LogP contribution in [0.15, 0.2) is 24.3 Å². The molecule has 0 aromatic heterocycles. The van der Waals surface area contributed by atoms with E-state index in [0.29, 0.717) is 13.0 Å². The van der Waals surface area contributed by atoms with Crippen molar-refractivity contribution in [2.24, 2.45) is 0 Å². The largest absolute Gasteiger partial charge is 0.326 e. The topological polar surface area (TPSA) is 78.5 Å². The van der Waals surface area contributed by atoms with Crippen molar-refractivity contribution < 1.29 is 13.2 Å². The molecule has 7 heteroatoms. The Morgan fingerprint density at radius 1 is 1.07 bits per heavy atom. The highest BCUT2D eigenvalue weighted by Crippen LogP contribution is 2.18. The molecule has 1 aromatic rings. The van der Waals surface area contributed by atoms with Gasteiger partial charge in [-0.15, -0.1) is 0 Å². The van der Waals surface area contributed by atoms with E-state index in [9.17, 15) is 13.2 Å². The maximum Gasteiger partial charge on any atom is 0.224 e. The fourth-order valence-electron chi connectivity index (χ4n) is 2.61. The minimum Gasteiger partial charge on any atom is -0.326 e. The first-order valence-electron chi connectivity index (χ1n) is 10.4. The molecule has 1 atom stereocenters. The molecule has 2 N–H and O–H groups in total. The van der Waals surface area contributed by atoms with E-state index in [1.807, 2.05) is 31.2 Å². The monoisotopic (exact) mass is 425 g/mol. The van der Waals surface area contributed by atoms with Crippen LogP contribution >= 0.6 is 0 Å². The third kappa shape index (κ3) is 9.28. The van der Waals surface area contributed by atoms with Crippen LogP contribution in [0.25, 0.3) is 0 Å². The van der Waals surface area contributed by atoms with Crippen LogP contribution in [0.1, 0.15) is 72.3 Å². The average molecular weight is 426 g/mol. The Bertz CT molecular complexity index is 738. The van der Waals surface area contributed by atoms with Crippen LogP contribution in [0.2, 0.25) is 0 Å². The van der Waals surface area contributed by atoms with Crippen molar-refractivity contribution in [3.05, 3.63) is 29.8 Å². The van der Waals surface area contributed by atoms with E-state index >= 15 is 0 Å². The van der Waals surface area contributed by atoms with E-state index in [-0.39, 0.29) is 17.4 Å². The Kier molecular flexibility index (Phi) is 9.79. The average Bonchev–Trinajstić information content (AvgIpc) is 2.62. The Balaban J connectivity index is 2.42. The zero-order valence-electron chi connectivity index (χ0n) is 19.1. The first-order chi connectivity index (χ1) is 13.3. The summed E-state index contributed by atoms with van der Waals surface area (Å²) in [4.78, 5) is 14.4. The van der Waals surface area contributed by atoms with Gasteiger partial charge in [-0.25, -0.2) is 13.1 Å². The van der Waals surface area contributed by atoms with Gasteiger partial charge in [-0.1, -0.05) is 19.1 Å². The summed E-state index contributed by atoms with van der Waals surface area (Å²) < 4.78 is 26.4. The van der Waals surface area contributed by atoms with Gasteiger partial charge in [0.2, 0.25) is 15.9 Å². The molecule has 1 amide bonds. The molecule has 0 aliphatic carbocycles. The highest BCUT2D eigenvalue weighted by Gasteiger charge is 2.17. The van der Waals surface area contributed by atoms with Crippen molar-refractivity contribution in [3.8, 4) is 0 Å². The molecule has 0 radical (unpaired) electrons. The molecule has 0 saturated carbocycles. The van der Waals surface area contributed by atoms with Crippen molar-refractivity contribution in [2.75, 3.05) is 25.5 Å². The predicted octanol–water partition coefficient (Wildman–Crippen LogP) is 3.96. The maximum absolute atomic E-state index is 12.1. The lowest BCUT2D eigenvalue weighted by molar-refractivity contribution is -0.116. The second-order valence-corrected chi connectivity index (χ2v) is 11.4. The van der Waals surface area contributed by atoms with Crippen LogP contribution in [0.3, 0.4) is 0 Å². The third-order valence-corrected chi connectivity index (χ3v) is 7.08. The summed E-state index contributed by atoms with van der Waals surface area (Å²) in [5, 5.41) is 2.49. The van der Waals surface area contributed by atoms with Gasteiger partial charge in [-0.3, -0.25) is 4.79 Å². The Labute approximate surface area is 177 Å². The van der Waals surface area contributed by atoms with E-state index in [4.69, 9.17) is 0 Å². The number of carbonyl (C=O) groups is 1. The van der Waals surface area contributed by atoms with Crippen LogP contribution in [0, 0.1) is 0 Å². The van der Waals surface area contributed by atoms with E-state index in [1.165, 1.54) is 0 Å². The van der Waals surface area contributed by atoms with Gasteiger partial charge in [0, 0.05) is 24.2 Å². The molecule has 0 heterocycles. The molecule has 1 rings (SSSR count). The standard InChI is InChI=1S/C22H39N3O3S/c1-17(2)29(27,28)23-16-18(3)19-11-13-20(14-12-19)24-21(26)10-8-9-15-25(7)22(4,5)6/h11-14,17-18,23H,8-10,15-16H2,1-7H3,(H,24,26). The van der Waals surface area contributed by atoms with Crippen molar-refractivity contribution in [2.45, 2.75) is 77.5 Å². The SMILES string of the molecule is CC(CNS(=O)(=O)C(C)C)c1ccc(NC(=O)CCCCN(C)C(C)(C)C)cc1. The van der Waals surface area contributed by atoms with Gasteiger partial charge in [0.1, 0.15) is 0 Å². The van der Waals surface area contributed by atoms with Crippen LogP contribution in [-0.4, -0.2) is 50.2 Å². The summed E-state index contributed by atoms with van der Waals surface area (Å²) in [6.45, 7) is 13.2. The zero-order chi connectivity index (χ0) is 22.2. The lowest BCUT2D eigenvalue weighted by Gasteiger charge is -2.31. The van der Waals surface area contributed by atoms with Gasteiger partial charge >= 0.3 is 0 Å². The summed E-state index contributed by atoms with van der Waals surface area (Å²) in [6.07, 6.45) is 2.36. The second-order valence-electron chi connectivity index (χ2n) is 9.06. The first kappa shape index (κ1) is 25.6. The highest BCUT2D eigenvalue weighted by molar-refractivity contribution is 7.90. The van der Waals surface area contributed by atoms with Crippen molar-refractivity contribution in [1.29, 1.82) is 0 Å². The van der Waals surface area contributed by atoms with Crippen molar-refractivity contribution in [1.82, 2.24) is 9.62 Å². The molecule has 0 spiro atoms. The van der Waals surface area contributed by atoms with E-state index in [0.717, 1.165) is 30.6 Å². The second kappa shape index (κ2) is 11.1. The Hall–Kier alpha value is -1.44. The highest BCUT2D eigenvalue weighted by atomic mass is 32.2.